The van der Waals surface area contributed by atoms with E-state index in [4.69, 9.17) is 10.5 Å². The van der Waals surface area contributed by atoms with Crippen LogP contribution in [0.5, 0.6) is 0 Å². The summed E-state index contributed by atoms with van der Waals surface area (Å²) in [5.74, 6) is 2.47. The Hall–Kier alpha value is -0.0800. The predicted molar refractivity (Wildman–Crippen MR) is 55.9 cm³/mol. The molecule has 0 aliphatic heterocycles. The third-order valence-corrected chi connectivity index (χ3v) is 4.74. The molecule has 5 atom stereocenters. The molecule has 14 heavy (non-hydrogen) atoms. The van der Waals surface area contributed by atoms with Gasteiger partial charge < -0.3 is 10.5 Å². The van der Waals surface area contributed by atoms with E-state index in [2.05, 4.69) is 6.92 Å². The molecular weight excluding hydrogens is 174 g/mol. The van der Waals surface area contributed by atoms with Crippen LogP contribution in [0.15, 0.2) is 0 Å². The largest absolute Gasteiger partial charge is 0.375 e. The molecule has 4 aliphatic rings. The van der Waals surface area contributed by atoms with Crippen LogP contribution in [0.4, 0.5) is 0 Å². The van der Waals surface area contributed by atoms with Gasteiger partial charge in [-0.25, -0.2) is 0 Å². The molecule has 0 spiro atoms. The fourth-order valence-corrected chi connectivity index (χ4v) is 4.47. The molecule has 4 saturated carbocycles. The van der Waals surface area contributed by atoms with Crippen LogP contribution < -0.4 is 5.73 Å². The van der Waals surface area contributed by atoms with E-state index in [0.717, 1.165) is 24.4 Å². The summed E-state index contributed by atoms with van der Waals surface area (Å²) in [7, 11) is 0. The molecule has 4 rings (SSSR count). The van der Waals surface area contributed by atoms with Crippen molar-refractivity contribution in [3.63, 3.8) is 0 Å². The zero-order valence-corrected chi connectivity index (χ0v) is 9.04. The highest BCUT2D eigenvalue weighted by molar-refractivity contribution is 5.07. The lowest BCUT2D eigenvalue weighted by Gasteiger charge is -2.58. The zero-order chi connectivity index (χ0) is 9.76. The topological polar surface area (TPSA) is 35.2 Å². The van der Waals surface area contributed by atoms with Crippen molar-refractivity contribution in [3.8, 4) is 0 Å². The Labute approximate surface area is 86.2 Å². The Morgan fingerprint density at radius 3 is 2.43 bits per heavy atom. The number of nitrogens with two attached hydrogens (primary N) is 1. The first kappa shape index (κ1) is 9.17. The average molecular weight is 195 g/mol. The van der Waals surface area contributed by atoms with E-state index in [1.165, 1.54) is 32.1 Å². The number of rotatable bonds is 2. The second kappa shape index (κ2) is 2.96. The molecule has 2 N–H and O–H groups in total. The summed E-state index contributed by atoms with van der Waals surface area (Å²) in [6, 6.07) is 0.486. The highest BCUT2D eigenvalue weighted by Gasteiger charge is 2.54. The highest BCUT2D eigenvalue weighted by Crippen LogP contribution is 2.56. The van der Waals surface area contributed by atoms with Gasteiger partial charge in [-0.05, 0) is 56.8 Å². The lowest BCUT2D eigenvalue weighted by Crippen LogP contribution is -2.60. The van der Waals surface area contributed by atoms with Gasteiger partial charge in [-0.3, -0.25) is 0 Å². The molecule has 0 saturated heterocycles. The molecule has 4 aliphatic carbocycles. The van der Waals surface area contributed by atoms with Crippen LogP contribution >= 0.6 is 0 Å². The monoisotopic (exact) mass is 195 g/mol. The first-order valence-corrected chi connectivity index (χ1v) is 6.12. The van der Waals surface area contributed by atoms with E-state index in [1.54, 1.807) is 0 Å². The minimum absolute atomic E-state index is 0.251. The summed E-state index contributed by atoms with van der Waals surface area (Å²) in [4.78, 5) is 0. The van der Waals surface area contributed by atoms with Crippen LogP contribution in [-0.4, -0.2) is 18.2 Å². The number of ether oxygens (including phenoxy) is 1. The maximum absolute atomic E-state index is 6.27. The van der Waals surface area contributed by atoms with Crippen molar-refractivity contribution >= 4 is 0 Å². The van der Waals surface area contributed by atoms with Crippen LogP contribution in [0.25, 0.3) is 0 Å². The van der Waals surface area contributed by atoms with Gasteiger partial charge in [0.05, 0.1) is 5.60 Å². The van der Waals surface area contributed by atoms with E-state index in [0.29, 0.717) is 6.04 Å². The van der Waals surface area contributed by atoms with Crippen LogP contribution in [0, 0.1) is 17.8 Å². The molecule has 80 valence electrons. The molecule has 1 unspecified atom stereocenters. The van der Waals surface area contributed by atoms with E-state index >= 15 is 0 Å². The van der Waals surface area contributed by atoms with Gasteiger partial charge in [-0.15, -0.1) is 0 Å². The van der Waals surface area contributed by atoms with Crippen molar-refractivity contribution in [3.05, 3.63) is 0 Å². The van der Waals surface area contributed by atoms with Gasteiger partial charge in [-0.2, -0.15) is 0 Å². The summed E-state index contributed by atoms with van der Waals surface area (Å²) in [6.45, 7) is 3.00. The quantitative estimate of drug-likeness (QED) is 0.730. The third kappa shape index (κ3) is 1.17. The molecule has 2 nitrogen and oxygen atoms in total. The van der Waals surface area contributed by atoms with Gasteiger partial charge in [0.1, 0.15) is 0 Å². The lowest BCUT2D eigenvalue weighted by molar-refractivity contribution is -0.165. The maximum Gasteiger partial charge on any atom is 0.0691 e. The lowest BCUT2D eigenvalue weighted by atomic mass is 9.52. The normalized spacial score (nSPS) is 55.3. The Morgan fingerprint density at radius 1 is 1.21 bits per heavy atom. The van der Waals surface area contributed by atoms with Crippen LogP contribution in [0.2, 0.25) is 0 Å². The van der Waals surface area contributed by atoms with E-state index < -0.39 is 0 Å². The predicted octanol–water partition coefficient (Wildman–Crippen LogP) is 1.93. The van der Waals surface area contributed by atoms with Crippen molar-refractivity contribution in [2.24, 2.45) is 23.5 Å². The fourth-order valence-electron chi connectivity index (χ4n) is 4.47. The summed E-state index contributed by atoms with van der Waals surface area (Å²) in [5, 5.41) is 0. The summed E-state index contributed by atoms with van der Waals surface area (Å²) in [6.07, 6.45) is 6.57. The van der Waals surface area contributed by atoms with Crippen LogP contribution in [0.3, 0.4) is 0 Å². The Morgan fingerprint density at radius 2 is 1.86 bits per heavy atom. The molecule has 4 fully saturated rings. The van der Waals surface area contributed by atoms with Gasteiger partial charge in [0.15, 0.2) is 0 Å². The van der Waals surface area contributed by atoms with Crippen LogP contribution in [0.1, 0.15) is 39.0 Å². The highest BCUT2D eigenvalue weighted by atomic mass is 16.5. The molecule has 0 heterocycles. The SMILES string of the molecule is CCO[C@]12CC3C[C@H](C1)[C@H](N)[C@@H](C3)C2. The van der Waals surface area contributed by atoms with E-state index in [1.807, 2.05) is 0 Å². The van der Waals surface area contributed by atoms with Gasteiger partial charge >= 0.3 is 0 Å². The molecule has 2 heteroatoms. The van der Waals surface area contributed by atoms with Crippen molar-refractivity contribution < 1.29 is 4.74 Å². The van der Waals surface area contributed by atoms with Gasteiger partial charge in [0, 0.05) is 12.6 Å². The van der Waals surface area contributed by atoms with Crippen molar-refractivity contribution in [2.75, 3.05) is 6.61 Å². The number of hydrogen-bond acceptors (Lipinski definition) is 2. The van der Waals surface area contributed by atoms with Crippen LogP contribution in [-0.2, 0) is 4.74 Å². The molecule has 0 aromatic heterocycles. The first-order valence-electron chi connectivity index (χ1n) is 6.12. The maximum atomic E-state index is 6.27. The summed E-state index contributed by atoms with van der Waals surface area (Å²) < 4.78 is 6.03. The Bertz CT molecular complexity index is 224. The van der Waals surface area contributed by atoms with Crippen molar-refractivity contribution in [1.82, 2.24) is 0 Å². The molecule has 4 bridgehead atoms. The molecule has 0 amide bonds. The van der Waals surface area contributed by atoms with Crippen molar-refractivity contribution in [2.45, 2.75) is 50.7 Å². The van der Waals surface area contributed by atoms with Gasteiger partial charge in [-0.1, -0.05) is 0 Å². The number of hydrogen-bond donors (Lipinski definition) is 1. The second-order valence-corrected chi connectivity index (χ2v) is 5.66. The molecule has 0 radical (unpaired) electrons. The smallest absolute Gasteiger partial charge is 0.0691 e. The van der Waals surface area contributed by atoms with Gasteiger partial charge in [0.25, 0.3) is 0 Å². The van der Waals surface area contributed by atoms with E-state index in [9.17, 15) is 0 Å². The van der Waals surface area contributed by atoms with Crippen molar-refractivity contribution in [1.29, 1.82) is 0 Å². The zero-order valence-electron chi connectivity index (χ0n) is 9.04. The Kier molecular flexibility index (Phi) is 1.94. The molecule has 0 aromatic carbocycles. The average Bonchev–Trinajstić information content (AvgIpc) is 2.12. The molecular formula is C12H21NO. The molecule has 0 aromatic rings. The Balaban J connectivity index is 1.85. The van der Waals surface area contributed by atoms with E-state index in [-0.39, 0.29) is 5.60 Å². The summed E-state index contributed by atoms with van der Waals surface area (Å²) >= 11 is 0. The standard InChI is InChI=1S/C12H21NO/c1-2-14-12-5-8-3-9(6-12)11(13)10(4-8)7-12/h8-11H,2-7,13H2,1H3/t8?,9-,10+,11+,12-. The van der Waals surface area contributed by atoms with Gasteiger partial charge in [0.2, 0.25) is 0 Å². The second-order valence-electron chi connectivity index (χ2n) is 5.66. The minimum Gasteiger partial charge on any atom is -0.375 e. The first-order chi connectivity index (χ1) is 6.72. The third-order valence-electron chi connectivity index (χ3n) is 4.74. The fraction of sp³-hybridized carbons (Fsp3) is 1.00. The summed E-state index contributed by atoms with van der Waals surface area (Å²) in [5.41, 5.74) is 6.52. The minimum atomic E-state index is 0.251.